The number of benzene rings is 1. The van der Waals surface area contributed by atoms with Crippen LogP contribution in [0.1, 0.15) is 25.3 Å². The van der Waals surface area contributed by atoms with Gasteiger partial charge in [-0.1, -0.05) is 19.4 Å². The molecule has 1 fully saturated rings. The van der Waals surface area contributed by atoms with Crippen molar-refractivity contribution < 1.29 is 13.9 Å². The second kappa shape index (κ2) is 3.56. The Morgan fingerprint density at radius 3 is 2.47 bits per heavy atom. The van der Waals surface area contributed by atoms with Gasteiger partial charge in [0.2, 0.25) is 0 Å². The molecule has 1 N–H and O–H groups in total. The number of halogens is 2. The maximum absolute atomic E-state index is 13.3. The van der Waals surface area contributed by atoms with Crippen molar-refractivity contribution in [1.82, 2.24) is 0 Å². The minimum Gasteiger partial charge on any atom is -0.389 e. The van der Waals surface area contributed by atoms with Crippen molar-refractivity contribution >= 4 is 0 Å². The van der Waals surface area contributed by atoms with Crippen LogP contribution in [0.15, 0.2) is 18.2 Å². The van der Waals surface area contributed by atoms with Crippen molar-refractivity contribution in [2.75, 3.05) is 0 Å². The Balaban J connectivity index is 2.19. The van der Waals surface area contributed by atoms with Crippen LogP contribution in [0, 0.1) is 17.6 Å². The molecule has 0 aliphatic heterocycles. The normalized spacial score (nSPS) is 29.2. The summed E-state index contributed by atoms with van der Waals surface area (Å²) in [5, 5.41) is 9.96. The molecule has 0 spiro atoms. The topological polar surface area (TPSA) is 20.2 Å². The smallest absolute Gasteiger partial charge is 0.129 e. The van der Waals surface area contributed by atoms with Crippen LogP contribution >= 0.6 is 0 Å². The van der Waals surface area contributed by atoms with Crippen LogP contribution in [0.25, 0.3) is 0 Å². The fraction of sp³-hybridized carbons (Fsp3) is 0.500. The van der Waals surface area contributed by atoms with E-state index in [0.717, 1.165) is 6.42 Å². The van der Waals surface area contributed by atoms with E-state index in [1.807, 2.05) is 6.92 Å². The molecule has 2 rings (SSSR count). The van der Waals surface area contributed by atoms with Crippen molar-refractivity contribution in [3.05, 3.63) is 35.4 Å². The number of rotatable bonds is 3. The van der Waals surface area contributed by atoms with E-state index in [2.05, 4.69) is 0 Å². The first kappa shape index (κ1) is 10.6. The molecule has 0 bridgehead atoms. The van der Waals surface area contributed by atoms with Gasteiger partial charge in [0.15, 0.2) is 0 Å². The van der Waals surface area contributed by atoms with E-state index in [4.69, 9.17) is 0 Å². The summed E-state index contributed by atoms with van der Waals surface area (Å²) >= 11 is 0. The molecular weight excluding hydrogens is 198 g/mol. The molecule has 2 atom stereocenters. The Labute approximate surface area is 87.7 Å². The zero-order valence-electron chi connectivity index (χ0n) is 8.63. The van der Waals surface area contributed by atoms with E-state index in [9.17, 15) is 13.9 Å². The van der Waals surface area contributed by atoms with Crippen molar-refractivity contribution in [3.8, 4) is 0 Å². The summed E-state index contributed by atoms with van der Waals surface area (Å²) in [7, 11) is 0. The highest BCUT2D eigenvalue weighted by atomic mass is 19.1. The summed E-state index contributed by atoms with van der Waals surface area (Å²) in [4.78, 5) is 0. The van der Waals surface area contributed by atoms with Crippen LogP contribution in [0.5, 0.6) is 0 Å². The third-order valence-electron chi connectivity index (χ3n) is 3.24. The van der Waals surface area contributed by atoms with Crippen LogP contribution in [0.2, 0.25) is 0 Å². The molecule has 1 aromatic carbocycles. The minimum atomic E-state index is -0.877. The molecular formula is C12H14F2O. The molecule has 0 aromatic heterocycles. The highest BCUT2D eigenvalue weighted by molar-refractivity contribution is 5.24. The number of hydrogen-bond acceptors (Lipinski definition) is 1. The predicted molar refractivity (Wildman–Crippen MR) is 53.4 cm³/mol. The SMILES string of the molecule is CCC1CC1(O)Cc1c(F)cccc1F. The first-order valence-corrected chi connectivity index (χ1v) is 5.22. The third-order valence-corrected chi connectivity index (χ3v) is 3.24. The quantitative estimate of drug-likeness (QED) is 0.816. The molecule has 1 aliphatic rings. The number of hydrogen-bond donors (Lipinski definition) is 1. The summed E-state index contributed by atoms with van der Waals surface area (Å²) in [6.45, 7) is 1.97. The van der Waals surface area contributed by atoms with Gasteiger partial charge in [-0.2, -0.15) is 0 Å². The van der Waals surface area contributed by atoms with Crippen LogP contribution in [0.3, 0.4) is 0 Å². The summed E-state index contributed by atoms with van der Waals surface area (Å²) in [6.07, 6.45) is 1.59. The van der Waals surface area contributed by atoms with E-state index < -0.39 is 17.2 Å². The second-order valence-electron chi connectivity index (χ2n) is 4.29. The predicted octanol–water partition coefficient (Wildman–Crippen LogP) is 2.67. The van der Waals surface area contributed by atoms with Crippen LogP contribution in [-0.4, -0.2) is 10.7 Å². The van der Waals surface area contributed by atoms with Gasteiger partial charge in [0.25, 0.3) is 0 Å². The molecule has 1 aliphatic carbocycles. The lowest BCUT2D eigenvalue weighted by Gasteiger charge is -2.11. The van der Waals surface area contributed by atoms with E-state index >= 15 is 0 Å². The molecule has 2 unspecified atom stereocenters. The highest BCUT2D eigenvalue weighted by Crippen LogP contribution is 2.48. The first-order chi connectivity index (χ1) is 7.07. The molecule has 0 radical (unpaired) electrons. The van der Waals surface area contributed by atoms with Crippen molar-refractivity contribution in [2.45, 2.75) is 31.8 Å². The molecule has 3 heteroatoms. The van der Waals surface area contributed by atoms with Crippen molar-refractivity contribution in [1.29, 1.82) is 0 Å². The molecule has 1 nitrogen and oxygen atoms in total. The Bertz CT molecular complexity index is 358. The van der Waals surface area contributed by atoms with Crippen LogP contribution in [-0.2, 0) is 6.42 Å². The summed E-state index contributed by atoms with van der Waals surface area (Å²) < 4.78 is 26.6. The first-order valence-electron chi connectivity index (χ1n) is 5.22. The van der Waals surface area contributed by atoms with Gasteiger partial charge < -0.3 is 5.11 Å². The highest BCUT2D eigenvalue weighted by Gasteiger charge is 2.51. The molecule has 1 saturated carbocycles. The van der Waals surface area contributed by atoms with Gasteiger partial charge in [-0.05, 0) is 24.5 Å². The average molecular weight is 212 g/mol. The van der Waals surface area contributed by atoms with E-state index in [0.29, 0.717) is 6.42 Å². The minimum absolute atomic E-state index is 0.0101. The lowest BCUT2D eigenvalue weighted by molar-refractivity contribution is 0.128. The summed E-state index contributed by atoms with van der Waals surface area (Å²) in [5.74, 6) is -0.938. The molecule has 0 saturated heterocycles. The van der Waals surface area contributed by atoms with Crippen LogP contribution < -0.4 is 0 Å². The van der Waals surface area contributed by atoms with Gasteiger partial charge in [-0.25, -0.2) is 8.78 Å². The van der Waals surface area contributed by atoms with Gasteiger partial charge in [0, 0.05) is 12.0 Å². The largest absolute Gasteiger partial charge is 0.389 e. The zero-order valence-corrected chi connectivity index (χ0v) is 8.63. The molecule has 82 valence electrons. The zero-order chi connectivity index (χ0) is 11.1. The third kappa shape index (κ3) is 1.88. The second-order valence-corrected chi connectivity index (χ2v) is 4.29. The Hall–Kier alpha value is -0.960. The molecule has 15 heavy (non-hydrogen) atoms. The van der Waals surface area contributed by atoms with E-state index in [1.54, 1.807) is 0 Å². The van der Waals surface area contributed by atoms with Gasteiger partial charge >= 0.3 is 0 Å². The van der Waals surface area contributed by atoms with Gasteiger partial charge in [0.05, 0.1) is 5.60 Å². The maximum Gasteiger partial charge on any atom is 0.129 e. The van der Waals surface area contributed by atoms with Gasteiger partial charge in [0.1, 0.15) is 11.6 Å². The Kier molecular flexibility index (Phi) is 2.51. The summed E-state index contributed by atoms with van der Waals surface area (Å²) in [5.41, 5.74) is -0.867. The standard InChI is InChI=1S/C12H14F2O/c1-2-8-6-12(8,15)7-9-10(13)4-3-5-11(9)14/h3-5,8,15H,2,6-7H2,1H3. The lowest BCUT2D eigenvalue weighted by Crippen LogP contribution is -2.17. The van der Waals surface area contributed by atoms with Gasteiger partial charge in [-0.15, -0.1) is 0 Å². The Morgan fingerprint density at radius 1 is 1.40 bits per heavy atom. The summed E-state index contributed by atoms with van der Waals surface area (Å²) in [6, 6.07) is 3.79. The number of aliphatic hydroxyl groups is 1. The monoisotopic (exact) mass is 212 g/mol. The lowest BCUT2D eigenvalue weighted by atomic mass is 10.0. The maximum atomic E-state index is 13.3. The molecule has 0 heterocycles. The molecule has 0 amide bonds. The average Bonchev–Trinajstić information content (AvgIpc) is 2.84. The van der Waals surface area contributed by atoms with Crippen LogP contribution in [0.4, 0.5) is 8.78 Å². The fourth-order valence-electron chi connectivity index (χ4n) is 2.12. The van der Waals surface area contributed by atoms with E-state index in [1.165, 1.54) is 18.2 Å². The van der Waals surface area contributed by atoms with Gasteiger partial charge in [-0.3, -0.25) is 0 Å². The Morgan fingerprint density at radius 2 is 2.00 bits per heavy atom. The molecule has 1 aromatic rings. The fourth-order valence-corrected chi connectivity index (χ4v) is 2.12. The van der Waals surface area contributed by atoms with E-state index in [-0.39, 0.29) is 17.9 Å². The van der Waals surface area contributed by atoms with Crippen molar-refractivity contribution in [2.24, 2.45) is 5.92 Å². The van der Waals surface area contributed by atoms with Crippen molar-refractivity contribution in [3.63, 3.8) is 0 Å².